The predicted molar refractivity (Wildman–Crippen MR) is 251 cm³/mol. The Balaban J connectivity index is 1.23. The van der Waals surface area contributed by atoms with E-state index in [4.69, 9.17) is 15.0 Å². The quantitative estimate of drug-likeness (QED) is 0.142. The number of hydrogen-bond acceptors (Lipinski definition) is 7. The summed E-state index contributed by atoms with van der Waals surface area (Å²) in [5, 5.41) is 7.90. The fourth-order valence-electron chi connectivity index (χ4n) is 7.73. The fourth-order valence-corrected chi connectivity index (χ4v) is 9.77. The van der Waals surface area contributed by atoms with Crippen molar-refractivity contribution in [2.45, 2.75) is 13.8 Å². The lowest BCUT2D eigenvalue weighted by molar-refractivity contribution is 0.0976. The summed E-state index contributed by atoms with van der Waals surface area (Å²) in [5.41, 5.74) is 11.0. The van der Waals surface area contributed by atoms with Crippen LogP contribution >= 0.6 is 22.7 Å². The fraction of sp³-hybridized carbons (Fsp3) is 0.0392. The Morgan fingerprint density at radius 2 is 1.18 bits per heavy atom. The standard InChI is InChI=1S/C51H36N6O2S2/c1-30-26-27-35(31(2)28-30)49(59)57-47-45(51-55-37-23-13-15-25-41(37)61-51)43(33-18-8-4-9-19-33)39(53-47)29-38-42(32-16-6-3-7-17-32)44(50-54-36-22-12-14-24-40(36)60-50)46(52-38)56-48(58)34-20-10-5-11-21-34/h3-29,53H,1-2H3,(H,57,59)(H,52,56,58). The highest BCUT2D eigenvalue weighted by atomic mass is 32.1. The maximum atomic E-state index is 14.2. The van der Waals surface area contributed by atoms with Crippen LogP contribution in [0.2, 0.25) is 0 Å². The molecule has 3 aromatic heterocycles. The van der Waals surface area contributed by atoms with Crippen molar-refractivity contribution in [2.24, 2.45) is 4.99 Å². The summed E-state index contributed by atoms with van der Waals surface area (Å²) in [4.78, 5) is 47.3. The number of nitrogens with zero attached hydrogens (tertiary/aromatic N) is 3. The second-order valence-electron chi connectivity index (χ2n) is 14.7. The smallest absolute Gasteiger partial charge is 0.257 e. The molecule has 1 aliphatic rings. The molecule has 0 fully saturated rings. The SMILES string of the molecule is Cc1ccc(C(=O)Nc2[nH]c(C=C3N=C(NC(=O)c4ccccc4)C(c4nc5ccccc5s4)=C3c3ccccc3)c(-c3ccccc3)c2-c2nc3ccccc3s2)c(C)c1. The van der Waals surface area contributed by atoms with Gasteiger partial charge in [0, 0.05) is 22.3 Å². The number of aromatic nitrogens is 3. The zero-order valence-electron chi connectivity index (χ0n) is 33.1. The van der Waals surface area contributed by atoms with Gasteiger partial charge in [0.15, 0.2) is 0 Å². The van der Waals surface area contributed by atoms with Gasteiger partial charge >= 0.3 is 0 Å². The van der Waals surface area contributed by atoms with E-state index in [2.05, 4.69) is 33.8 Å². The van der Waals surface area contributed by atoms with Crippen molar-refractivity contribution in [2.75, 3.05) is 5.32 Å². The van der Waals surface area contributed by atoms with Crippen LogP contribution in [-0.4, -0.2) is 32.6 Å². The van der Waals surface area contributed by atoms with Gasteiger partial charge in [-0.05, 0) is 79.1 Å². The van der Waals surface area contributed by atoms with Gasteiger partial charge in [-0.25, -0.2) is 15.0 Å². The number of thiazole rings is 2. The first-order valence-electron chi connectivity index (χ1n) is 19.8. The lowest BCUT2D eigenvalue weighted by Crippen LogP contribution is -2.30. The average Bonchev–Trinajstić information content (AvgIpc) is 4.07. The summed E-state index contributed by atoms with van der Waals surface area (Å²) in [6, 6.07) is 51.1. The highest BCUT2D eigenvalue weighted by Crippen LogP contribution is 2.47. The number of H-pyrrole nitrogens is 1. The highest BCUT2D eigenvalue weighted by Gasteiger charge is 2.32. The minimum Gasteiger partial charge on any atom is -0.341 e. The normalized spacial score (nSPS) is 13.3. The van der Waals surface area contributed by atoms with Crippen LogP contribution in [0.1, 0.15) is 48.1 Å². The van der Waals surface area contributed by atoms with Gasteiger partial charge in [-0.1, -0.05) is 121 Å². The van der Waals surface area contributed by atoms with Gasteiger partial charge < -0.3 is 15.6 Å². The van der Waals surface area contributed by atoms with Crippen LogP contribution in [0.25, 0.3) is 59.4 Å². The Bertz CT molecular complexity index is 3180. The number of aromatic amines is 1. The molecule has 0 saturated heterocycles. The number of rotatable bonds is 8. The number of nitrogens with one attached hydrogen (secondary N) is 3. The molecule has 61 heavy (non-hydrogen) atoms. The molecule has 4 heterocycles. The molecule has 0 spiro atoms. The number of amidine groups is 1. The lowest BCUT2D eigenvalue weighted by Gasteiger charge is -2.10. The van der Waals surface area contributed by atoms with Crippen molar-refractivity contribution in [1.29, 1.82) is 0 Å². The van der Waals surface area contributed by atoms with Crippen LogP contribution in [-0.2, 0) is 0 Å². The molecule has 0 aliphatic carbocycles. The number of aryl methyl sites for hydroxylation is 2. The van der Waals surface area contributed by atoms with E-state index in [1.165, 1.54) is 0 Å². The maximum Gasteiger partial charge on any atom is 0.257 e. The van der Waals surface area contributed by atoms with Gasteiger partial charge in [0.1, 0.15) is 21.7 Å². The molecule has 0 atom stereocenters. The Hall–Kier alpha value is -7.53. The number of fused-ring (bicyclic) bond motifs is 2. The first-order chi connectivity index (χ1) is 29.9. The summed E-state index contributed by atoms with van der Waals surface area (Å²) in [5.74, 6) is 0.366. The van der Waals surface area contributed by atoms with Crippen molar-refractivity contribution in [3.05, 3.63) is 202 Å². The maximum absolute atomic E-state index is 14.2. The van der Waals surface area contributed by atoms with Crippen LogP contribution in [0.5, 0.6) is 0 Å². The Kier molecular flexibility index (Phi) is 9.84. The number of allylic oxidation sites excluding steroid dienone is 1. The molecule has 0 saturated carbocycles. The largest absolute Gasteiger partial charge is 0.341 e. The van der Waals surface area contributed by atoms with Crippen LogP contribution in [0.15, 0.2) is 168 Å². The van der Waals surface area contributed by atoms with Gasteiger partial charge in [-0.3, -0.25) is 9.59 Å². The topological polar surface area (TPSA) is 112 Å². The Morgan fingerprint density at radius 1 is 0.590 bits per heavy atom. The van der Waals surface area contributed by atoms with Crippen LogP contribution in [0, 0.1) is 13.8 Å². The Labute approximate surface area is 359 Å². The highest BCUT2D eigenvalue weighted by molar-refractivity contribution is 7.21. The number of benzene rings is 6. The first kappa shape index (κ1) is 37.7. The number of carbonyl (C=O) groups excluding carboxylic acids is 2. The number of hydrogen-bond donors (Lipinski definition) is 3. The van der Waals surface area contributed by atoms with Gasteiger partial charge in [-0.2, -0.15) is 0 Å². The Morgan fingerprint density at radius 3 is 1.84 bits per heavy atom. The number of aliphatic imine (C=N–C) groups is 1. The van der Waals surface area contributed by atoms with Crippen molar-refractivity contribution in [3.63, 3.8) is 0 Å². The van der Waals surface area contributed by atoms with Crippen molar-refractivity contribution < 1.29 is 9.59 Å². The van der Waals surface area contributed by atoms with Gasteiger partial charge in [0.2, 0.25) is 0 Å². The zero-order chi connectivity index (χ0) is 41.5. The third-order valence-electron chi connectivity index (χ3n) is 10.6. The molecule has 10 heteroatoms. The number of anilines is 1. The molecular formula is C51H36N6O2S2. The van der Waals surface area contributed by atoms with Gasteiger partial charge in [0.25, 0.3) is 11.8 Å². The molecule has 294 valence electrons. The number of para-hydroxylation sites is 2. The lowest BCUT2D eigenvalue weighted by atomic mass is 9.96. The second-order valence-corrected chi connectivity index (χ2v) is 16.8. The molecule has 0 bridgehead atoms. The molecule has 0 unspecified atom stereocenters. The summed E-state index contributed by atoms with van der Waals surface area (Å²) in [7, 11) is 0. The molecule has 2 amide bonds. The minimum absolute atomic E-state index is 0.243. The van der Waals surface area contributed by atoms with E-state index < -0.39 is 0 Å². The van der Waals surface area contributed by atoms with Crippen molar-refractivity contribution >= 4 is 83.8 Å². The van der Waals surface area contributed by atoms with Crippen LogP contribution < -0.4 is 10.6 Å². The molecule has 3 N–H and O–H groups in total. The molecule has 0 radical (unpaired) electrons. The third-order valence-corrected chi connectivity index (χ3v) is 12.7. The van der Waals surface area contributed by atoms with E-state index in [0.29, 0.717) is 39.7 Å². The zero-order valence-corrected chi connectivity index (χ0v) is 34.7. The molecule has 8 nitrogen and oxygen atoms in total. The van der Waals surface area contributed by atoms with Crippen LogP contribution in [0.4, 0.5) is 5.82 Å². The molecule has 9 aromatic rings. The van der Waals surface area contributed by atoms with Crippen molar-refractivity contribution in [1.82, 2.24) is 20.3 Å². The van der Waals surface area contributed by atoms with Crippen molar-refractivity contribution in [3.8, 4) is 21.7 Å². The van der Waals surface area contributed by atoms with Gasteiger partial charge in [0.05, 0.1) is 43.0 Å². The minimum atomic E-state index is -0.286. The molecule has 1 aliphatic heterocycles. The third kappa shape index (κ3) is 7.28. The molecule has 6 aromatic carbocycles. The van der Waals surface area contributed by atoms with E-state index in [1.807, 2.05) is 147 Å². The summed E-state index contributed by atoms with van der Waals surface area (Å²) >= 11 is 3.12. The first-order valence-corrected chi connectivity index (χ1v) is 21.4. The second kappa shape index (κ2) is 15.9. The van der Waals surface area contributed by atoms with E-state index in [-0.39, 0.29) is 11.8 Å². The predicted octanol–water partition coefficient (Wildman–Crippen LogP) is 12.2. The van der Waals surface area contributed by atoms with E-state index in [1.54, 1.807) is 34.8 Å². The van der Waals surface area contributed by atoms with E-state index in [9.17, 15) is 9.59 Å². The van der Waals surface area contributed by atoms with Crippen LogP contribution in [0.3, 0.4) is 0 Å². The average molecular weight is 829 g/mol. The summed E-state index contributed by atoms with van der Waals surface area (Å²) < 4.78 is 2.04. The van der Waals surface area contributed by atoms with Gasteiger partial charge in [-0.15, -0.1) is 22.7 Å². The monoisotopic (exact) mass is 828 g/mol. The van der Waals surface area contributed by atoms with E-state index >= 15 is 0 Å². The molecule has 10 rings (SSSR count). The summed E-state index contributed by atoms with van der Waals surface area (Å²) in [6.07, 6.45) is 2.00. The number of amides is 2. The molecular weight excluding hydrogens is 793 g/mol. The summed E-state index contributed by atoms with van der Waals surface area (Å²) in [6.45, 7) is 3.96. The number of carbonyl (C=O) groups is 2. The van der Waals surface area contributed by atoms with E-state index in [0.717, 1.165) is 69.4 Å².